The predicted octanol–water partition coefficient (Wildman–Crippen LogP) is 5.69. The molecule has 1 aliphatic heterocycles. The first-order valence-corrected chi connectivity index (χ1v) is 12.5. The number of piperidine rings is 1. The van der Waals surface area contributed by atoms with Crippen LogP contribution in [0.3, 0.4) is 0 Å². The monoisotopic (exact) mass is 480 g/mol. The average molecular weight is 481 g/mol. The third kappa shape index (κ3) is 5.83. The van der Waals surface area contributed by atoms with Gasteiger partial charge >= 0.3 is 6.03 Å². The first-order valence-electron chi connectivity index (χ1n) is 12.5. The Labute approximate surface area is 212 Å². The van der Waals surface area contributed by atoms with Crippen LogP contribution in [-0.2, 0) is 13.2 Å². The van der Waals surface area contributed by atoms with Crippen molar-refractivity contribution >= 4 is 6.03 Å². The molecule has 6 nitrogen and oxygen atoms in total. The van der Waals surface area contributed by atoms with Gasteiger partial charge in [0.15, 0.2) is 0 Å². The smallest absolute Gasteiger partial charge is 0.329 e. The molecular weight excluding hydrogens is 448 g/mol. The Bertz CT molecular complexity index is 1250. The number of hydrogen-bond donors (Lipinski definition) is 0. The van der Waals surface area contributed by atoms with Crippen molar-refractivity contribution in [2.24, 2.45) is 0 Å². The van der Waals surface area contributed by atoms with E-state index in [0.717, 1.165) is 55.0 Å². The third-order valence-electron chi connectivity index (χ3n) is 6.86. The van der Waals surface area contributed by atoms with Crippen LogP contribution in [0.1, 0.15) is 24.0 Å². The van der Waals surface area contributed by atoms with E-state index in [1.54, 1.807) is 10.9 Å². The Morgan fingerprint density at radius 2 is 1.56 bits per heavy atom. The van der Waals surface area contributed by atoms with Crippen LogP contribution in [0.15, 0.2) is 97.5 Å². The number of hydrogen-bond acceptors (Lipinski definition) is 4. The highest BCUT2D eigenvalue weighted by Crippen LogP contribution is 2.23. The Morgan fingerprint density at radius 3 is 2.22 bits per heavy atom. The molecule has 184 valence electrons. The van der Waals surface area contributed by atoms with Crippen molar-refractivity contribution in [2.45, 2.75) is 32.0 Å². The quantitative estimate of drug-likeness (QED) is 0.341. The number of carbonyl (C=O) groups excluding carboxylic acids is 1. The topological polar surface area (TPSA) is 50.6 Å². The van der Waals surface area contributed by atoms with Gasteiger partial charge in [-0.3, -0.25) is 9.47 Å². The van der Waals surface area contributed by atoms with Crippen LogP contribution in [0.2, 0.25) is 0 Å². The van der Waals surface area contributed by atoms with Gasteiger partial charge in [0.05, 0.1) is 5.69 Å². The Hall–Kier alpha value is -3.90. The van der Waals surface area contributed by atoms with Gasteiger partial charge in [-0.25, -0.2) is 9.78 Å². The van der Waals surface area contributed by atoms with E-state index in [1.807, 2.05) is 72.7 Å². The molecule has 0 unspecified atom stereocenters. The minimum atomic E-state index is -0.0435. The van der Waals surface area contributed by atoms with Crippen molar-refractivity contribution in [3.63, 3.8) is 0 Å². The number of ether oxygens (including phenoxy) is 1. The number of rotatable bonds is 7. The highest BCUT2D eigenvalue weighted by atomic mass is 16.5. The van der Waals surface area contributed by atoms with Crippen LogP contribution < -0.4 is 4.74 Å². The zero-order valence-corrected chi connectivity index (χ0v) is 20.7. The second-order valence-electron chi connectivity index (χ2n) is 9.35. The maximum Gasteiger partial charge on any atom is 0.329 e. The molecule has 5 rings (SSSR count). The van der Waals surface area contributed by atoms with Gasteiger partial charge in [-0.2, -0.15) is 0 Å². The lowest BCUT2D eigenvalue weighted by molar-refractivity contribution is 0.132. The molecule has 0 saturated carbocycles. The largest absolute Gasteiger partial charge is 0.489 e. The van der Waals surface area contributed by atoms with E-state index in [-0.39, 0.29) is 12.1 Å². The SMILES string of the molecule is CN(C(=O)n1cnc(-c2ccc(OCc3ccccc3)cc2)c1)C1CCN(Cc2ccccc2)CC1. The maximum absolute atomic E-state index is 13.2. The summed E-state index contributed by atoms with van der Waals surface area (Å²) in [5, 5.41) is 0. The van der Waals surface area contributed by atoms with E-state index in [9.17, 15) is 4.79 Å². The van der Waals surface area contributed by atoms with Crippen LogP contribution in [0, 0.1) is 0 Å². The summed E-state index contributed by atoms with van der Waals surface area (Å²) >= 11 is 0. The van der Waals surface area contributed by atoms with Gasteiger partial charge in [0.2, 0.25) is 0 Å². The predicted molar refractivity (Wildman–Crippen MR) is 142 cm³/mol. The zero-order valence-electron chi connectivity index (χ0n) is 20.7. The molecule has 1 aliphatic rings. The first kappa shape index (κ1) is 23.8. The van der Waals surface area contributed by atoms with Crippen molar-refractivity contribution in [3.8, 4) is 17.0 Å². The van der Waals surface area contributed by atoms with Gasteiger partial charge in [0.1, 0.15) is 18.7 Å². The Balaban J connectivity index is 1.14. The number of carbonyl (C=O) groups is 1. The fraction of sp³-hybridized carbons (Fsp3) is 0.267. The van der Waals surface area contributed by atoms with Gasteiger partial charge in [-0.15, -0.1) is 0 Å². The lowest BCUT2D eigenvalue weighted by Crippen LogP contribution is -2.46. The van der Waals surface area contributed by atoms with E-state index in [4.69, 9.17) is 4.74 Å². The first-order chi connectivity index (χ1) is 17.7. The molecule has 0 atom stereocenters. The summed E-state index contributed by atoms with van der Waals surface area (Å²) in [5.41, 5.74) is 4.18. The summed E-state index contributed by atoms with van der Waals surface area (Å²) in [6.07, 6.45) is 5.36. The van der Waals surface area contributed by atoms with E-state index < -0.39 is 0 Å². The van der Waals surface area contributed by atoms with Crippen molar-refractivity contribution < 1.29 is 9.53 Å². The molecule has 0 bridgehead atoms. The number of aromatic nitrogens is 2. The van der Waals surface area contributed by atoms with Crippen LogP contribution in [-0.4, -0.2) is 51.6 Å². The van der Waals surface area contributed by atoms with Gasteiger partial charge in [-0.05, 0) is 48.2 Å². The molecule has 0 radical (unpaired) electrons. The van der Waals surface area contributed by atoms with Crippen molar-refractivity contribution in [2.75, 3.05) is 20.1 Å². The second-order valence-corrected chi connectivity index (χ2v) is 9.35. The summed E-state index contributed by atoms with van der Waals surface area (Å²) in [5.74, 6) is 0.802. The summed E-state index contributed by atoms with van der Waals surface area (Å²) in [6.45, 7) is 3.48. The highest BCUT2D eigenvalue weighted by molar-refractivity contribution is 5.78. The van der Waals surface area contributed by atoms with Gasteiger partial charge < -0.3 is 9.64 Å². The molecule has 6 heteroatoms. The molecule has 1 saturated heterocycles. The van der Waals surface area contributed by atoms with Crippen LogP contribution >= 0.6 is 0 Å². The molecule has 0 N–H and O–H groups in total. The normalized spacial score (nSPS) is 14.5. The zero-order chi connectivity index (χ0) is 24.7. The second kappa shape index (κ2) is 11.2. The summed E-state index contributed by atoms with van der Waals surface area (Å²) in [6, 6.07) is 28.7. The molecule has 3 aromatic carbocycles. The fourth-order valence-electron chi connectivity index (χ4n) is 4.68. The average Bonchev–Trinajstić information content (AvgIpc) is 3.43. The molecule has 36 heavy (non-hydrogen) atoms. The molecule has 1 aromatic heterocycles. The van der Waals surface area contributed by atoms with Crippen LogP contribution in [0.5, 0.6) is 5.75 Å². The van der Waals surface area contributed by atoms with E-state index in [1.165, 1.54) is 5.56 Å². The Morgan fingerprint density at radius 1 is 0.917 bits per heavy atom. The maximum atomic E-state index is 13.2. The third-order valence-corrected chi connectivity index (χ3v) is 6.86. The summed E-state index contributed by atoms with van der Waals surface area (Å²) < 4.78 is 7.46. The standard InChI is InChI=1S/C30H32N4O2/c1-32(27-16-18-33(19-17-27)20-24-8-4-2-5-9-24)30(35)34-21-29(31-23-34)26-12-14-28(15-13-26)36-22-25-10-6-3-7-11-25/h2-15,21,23,27H,16-20,22H2,1H3. The highest BCUT2D eigenvalue weighted by Gasteiger charge is 2.26. The number of likely N-dealkylation sites (tertiary alicyclic amines) is 1. The molecule has 1 amide bonds. The summed E-state index contributed by atoms with van der Waals surface area (Å²) in [7, 11) is 1.90. The van der Waals surface area contributed by atoms with E-state index in [0.29, 0.717) is 6.61 Å². The molecular formula is C30H32N4O2. The van der Waals surface area contributed by atoms with Crippen LogP contribution in [0.25, 0.3) is 11.3 Å². The minimum Gasteiger partial charge on any atom is -0.489 e. The molecule has 0 aliphatic carbocycles. The number of benzene rings is 3. The summed E-state index contributed by atoms with van der Waals surface area (Å²) in [4.78, 5) is 22.0. The molecule has 2 heterocycles. The van der Waals surface area contributed by atoms with Gasteiger partial charge in [-0.1, -0.05) is 60.7 Å². The molecule has 4 aromatic rings. The van der Waals surface area contributed by atoms with Crippen molar-refractivity contribution in [3.05, 3.63) is 109 Å². The van der Waals surface area contributed by atoms with Crippen molar-refractivity contribution in [1.82, 2.24) is 19.4 Å². The van der Waals surface area contributed by atoms with E-state index in [2.05, 4.69) is 40.2 Å². The molecule has 0 spiro atoms. The number of nitrogens with zero attached hydrogens (tertiary/aromatic N) is 4. The lowest BCUT2D eigenvalue weighted by Gasteiger charge is -2.36. The Kier molecular flexibility index (Phi) is 7.43. The molecule has 1 fully saturated rings. The van der Waals surface area contributed by atoms with Crippen LogP contribution in [0.4, 0.5) is 4.79 Å². The number of amides is 1. The van der Waals surface area contributed by atoms with Gasteiger partial charge in [0.25, 0.3) is 0 Å². The minimum absolute atomic E-state index is 0.0435. The van der Waals surface area contributed by atoms with E-state index >= 15 is 0 Å². The lowest BCUT2D eigenvalue weighted by atomic mass is 10.0. The van der Waals surface area contributed by atoms with Gasteiger partial charge in [0, 0.05) is 44.5 Å². The fourth-order valence-corrected chi connectivity index (χ4v) is 4.68. The van der Waals surface area contributed by atoms with Crippen molar-refractivity contribution in [1.29, 1.82) is 0 Å². The number of imidazole rings is 1.